The fraction of sp³-hybridized carbons (Fsp3) is 0.158. The molecular formula is C19H15N3O7S. The summed E-state index contributed by atoms with van der Waals surface area (Å²) in [6.45, 7) is -0.273. The number of nitro groups is 1. The van der Waals surface area contributed by atoms with Gasteiger partial charge in [0.15, 0.2) is 4.80 Å². The van der Waals surface area contributed by atoms with E-state index < -0.39 is 22.8 Å². The first-order valence-electron chi connectivity index (χ1n) is 8.46. The Labute approximate surface area is 173 Å². The third-order valence-corrected chi connectivity index (χ3v) is 5.20. The molecule has 0 N–H and O–H groups in total. The van der Waals surface area contributed by atoms with Gasteiger partial charge in [-0.1, -0.05) is 11.3 Å². The van der Waals surface area contributed by atoms with E-state index in [1.54, 1.807) is 0 Å². The predicted octanol–water partition coefficient (Wildman–Crippen LogP) is 2.31. The number of hydrogen-bond acceptors (Lipinski definition) is 8. The number of nitrogens with zero attached hydrogens (tertiary/aromatic N) is 3. The predicted molar refractivity (Wildman–Crippen MR) is 106 cm³/mol. The summed E-state index contributed by atoms with van der Waals surface area (Å²) in [5, 5.41) is 11.1. The molecule has 0 fully saturated rings. The van der Waals surface area contributed by atoms with Gasteiger partial charge in [-0.2, -0.15) is 4.99 Å². The second-order valence-electron chi connectivity index (χ2n) is 5.94. The van der Waals surface area contributed by atoms with Crippen LogP contribution in [0.15, 0.2) is 47.5 Å². The van der Waals surface area contributed by atoms with E-state index in [4.69, 9.17) is 0 Å². The fourth-order valence-electron chi connectivity index (χ4n) is 2.62. The summed E-state index contributed by atoms with van der Waals surface area (Å²) in [6, 6.07) is 9.90. The Hall–Kier alpha value is -3.86. The standard InChI is InChI=1S/C19H15N3O7S/c1-28-16(23)10-21-14-9-13(22(26)27)7-8-15(14)30-19(21)20-17(24)11-3-5-12(6-4-11)18(25)29-2/h3-9H,10H2,1-2H3. The number of amides is 1. The summed E-state index contributed by atoms with van der Waals surface area (Å²) < 4.78 is 11.3. The number of non-ortho nitro benzene ring substituents is 1. The van der Waals surface area contributed by atoms with Crippen LogP contribution in [0.3, 0.4) is 0 Å². The molecule has 1 heterocycles. The first-order valence-corrected chi connectivity index (χ1v) is 9.27. The number of fused-ring (bicyclic) bond motifs is 1. The number of thiazole rings is 1. The molecule has 1 amide bonds. The van der Waals surface area contributed by atoms with Gasteiger partial charge in [-0.3, -0.25) is 19.7 Å². The molecule has 0 atom stereocenters. The van der Waals surface area contributed by atoms with E-state index in [1.807, 2.05) is 0 Å². The Morgan fingerprint density at radius 3 is 2.33 bits per heavy atom. The van der Waals surface area contributed by atoms with Crippen LogP contribution >= 0.6 is 11.3 Å². The topological polar surface area (TPSA) is 130 Å². The van der Waals surface area contributed by atoms with E-state index in [-0.39, 0.29) is 28.2 Å². The van der Waals surface area contributed by atoms with Gasteiger partial charge >= 0.3 is 11.9 Å². The van der Waals surface area contributed by atoms with Crippen molar-refractivity contribution in [3.05, 3.63) is 68.5 Å². The average Bonchev–Trinajstić information content (AvgIpc) is 3.09. The van der Waals surface area contributed by atoms with Crippen molar-refractivity contribution >= 4 is 45.1 Å². The number of benzene rings is 2. The van der Waals surface area contributed by atoms with Crippen LogP contribution in [-0.2, 0) is 20.8 Å². The van der Waals surface area contributed by atoms with E-state index >= 15 is 0 Å². The number of ether oxygens (including phenoxy) is 2. The number of carbonyl (C=O) groups is 3. The first-order chi connectivity index (χ1) is 14.3. The van der Waals surface area contributed by atoms with Gasteiger partial charge in [-0.05, 0) is 30.3 Å². The Balaban J connectivity index is 2.08. The van der Waals surface area contributed by atoms with Crippen molar-refractivity contribution in [1.29, 1.82) is 0 Å². The van der Waals surface area contributed by atoms with Crippen molar-refractivity contribution in [1.82, 2.24) is 4.57 Å². The molecule has 0 unspecified atom stereocenters. The summed E-state index contributed by atoms with van der Waals surface area (Å²) in [5.41, 5.74) is 0.724. The smallest absolute Gasteiger partial charge is 0.337 e. The van der Waals surface area contributed by atoms with Crippen molar-refractivity contribution in [2.45, 2.75) is 6.54 Å². The maximum atomic E-state index is 12.6. The molecule has 154 valence electrons. The quantitative estimate of drug-likeness (QED) is 0.345. The summed E-state index contributed by atoms with van der Waals surface area (Å²) in [6.07, 6.45) is 0. The van der Waals surface area contributed by atoms with Gasteiger partial charge in [-0.25, -0.2) is 4.79 Å². The molecule has 30 heavy (non-hydrogen) atoms. The number of aromatic nitrogens is 1. The highest BCUT2D eigenvalue weighted by Gasteiger charge is 2.16. The van der Waals surface area contributed by atoms with Crippen molar-refractivity contribution < 1.29 is 28.8 Å². The Kier molecular flexibility index (Phi) is 6.02. The van der Waals surface area contributed by atoms with E-state index in [9.17, 15) is 24.5 Å². The second kappa shape index (κ2) is 8.66. The number of nitro benzene ring substituents is 1. The fourth-order valence-corrected chi connectivity index (χ4v) is 3.63. The van der Waals surface area contributed by atoms with Gasteiger partial charge in [0.1, 0.15) is 6.54 Å². The van der Waals surface area contributed by atoms with Crippen molar-refractivity contribution in [2.75, 3.05) is 14.2 Å². The summed E-state index contributed by atoms with van der Waals surface area (Å²) in [4.78, 5) is 50.8. The second-order valence-corrected chi connectivity index (χ2v) is 6.95. The molecular weight excluding hydrogens is 414 g/mol. The minimum Gasteiger partial charge on any atom is -0.468 e. The molecule has 2 aromatic carbocycles. The molecule has 3 rings (SSSR count). The molecule has 0 bridgehead atoms. The highest BCUT2D eigenvalue weighted by Crippen LogP contribution is 2.23. The lowest BCUT2D eigenvalue weighted by atomic mass is 10.1. The van der Waals surface area contributed by atoms with Crippen LogP contribution in [0.1, 0.15) is 20.7 Å². The molecule has 0 saturated carbocycles. The average molecular weight is 429 g/mol. The minimum atomic E-state index is -0.605. The molecule has 11 heteroatoms. The van der Waals surface area contributed by atoms with Crippen molar-refractivity contribution in [2.24, 2.45) is 4.99 Å². The maximum absolute atomic E-state index is 12.6. The zero-order chi connectivity index (χ0) is 21.8. The molecule has 0 radical (unpaired) electrons. The SMILES string of the molecule is COC(=O)Cn1c(=NC(=O)c2ccc(C(=O)OC)cc2)sc2ccc([N+](=O)[O-])cc21. The Morgan fingerprint density at radius 2 is 1.73 bits per heavy atom. The van der Waals surface area contributed by atoms with Crippen molar-refractivity contribution in [3.63, 3.8) is 0 Å². The van der Waals surface area contributed by atoms with Crippen LogP contribution in [0.5, 0.6) is 0 Å². The zero-order valence-corrected chi connectivity index (χ0v) is 16.7. The minimum absolute atomic E-state index is 0.157. The zero-order valence-electron chi connectivity index (χ0n) is 15.9. The van der Waals surface area contributed by atoms with E-state index in [1.165, 1.54) is 61.3 Å². The van der Waals surface area contributed by atoms with Crippen LogP contribution in [0.2, 0.25) is 0 Å². The normalized spacial score (nSPS) is 11.3. The van der Waals surface area contributed by atoms with E-state index in [0.717, 1.165) is 11.3 Å². The molecule has 0 aliphatic heterocycles. The largest absolute Gasteiger partial charge is 0.468 e. The molecule has 0 aliphatic carbocycles. The molecule has 0 saturated heterocycles. The molecule has 1 aromatic heterocycles. The Morgan fingerprint density at radius 1 is 1.07 bits per heavy atom. The van der Waals surface area contributed by atoms with Gasteiger partial charge < -0.3 is 14.0 Å². The number of methoxy groups -OCH3 is 2. The van der Waals surface area contributed by atoms with Gasteiger partial charge in [0.2, 0.25) is 0 Å². The third-order valence-electron chi connectivity index (χ3n) is 4.14. The van der Waals surface area contributed by atoms with Crippen LogP contribution in [0.4, 0.5) is 5.69 Å². The van der Waals surface area contributed by atoms with E-state index in [2.05, 4.69) is 14.5 Å². The first kappa shape index (κ1) is 20.9. The third kappa shape index (κ3) is 4.25. The lowest BCUT2D eigenvalue weighted by Crippen LogP contribution is -2.22. The van der Waals surface area contributed by atoms with Gasteiger partial charge in [-0.15, -0.1) is 0 Å². The highest BCUT2D eigenvalue weighted by molar-refractivity contribution is 7.16. The summed E-state index contributed by atoms with van der Waals surface area (Å²) in [5.74, 6) is -1.74. The van der Waals surface area contributed by atoms with Crippen LogP contribution in [0, 0.1) is 10.1 Å². The monoisotopic (exact) mass is 429 g/mol. The van der Waals surface area contributed by atoms with Crippen molar-refractivity contribution in [3.8, 4) is 0 Å². The lowest BCUT2D eigenvalue weighted by Gasteiger charge is -2.04. The van der Waals surface area contributed by atoms with Gasteiger partial charge in [0, 0.05) is 17.7 Å². The summed E-state index contributed by atoms with van der Waals surface area (Å²) >= 11 is 1.10. The number of rotatable bonds is 5. The number of esters is 2. The van der Waals surface area contributed by atoms with E-state index in [0.29, 0.717) is 10.2 Å². The lowest BCUT2D eigenvalue weighted by molar-refractivity contribution is -0.384. The Bertz CT molecular complexity index is 1230. The van der Waals surface area contributed by atoms with Gasteiger partial charge in [0.25, 0.3) is 11.6 Å². The van der Waals surface area contributed by atoms with Crippen LogP contribution < -0.4 is 4.80 Å². The number of carbonyl (C=O) groups excluding carboxylic acids is 3. The van der Waals surface area contributed by atoms with Gasteiger partial charge in [0.05, 0.1) is 34.9 Å². The summed E-state index contributed by atoms with van der Waals surface area (Å²) in [7, 11) is 2.47. The number of hydrogen-bond donors (Lipinski definition) is 0. The molecule has 0 aliphatic rings. The molecule has 10 nitrogen and oxygen atoms in total. The molecule has 0 spiro atoms. The maximum Gasteiger partial charge on any atom is 0.337 e. The highest BCUT2D eigenvalue weighted by atomic mass is 32.1. The molecule has 3 aromatic rings. The van der Waals surface area contributed by atoms with Crippen LogP contribution in [-0.4, -0.2) is 41.6 Å². The van der Waals surface area contributed by atoms with Crippen LogP contribution in [0.25, 0.3) is 10.2 Å².